The van der Waals surface area contributed by atoms with E-state index in [-0.39, 0.29) is 4.70 Å². The summed E-state index contributed by atoms with van der Waals surface area (Å²) in [5.74, 6) is 1.76. The molecule has 0 bridgehead atoms. The van der Waals surface area contributed by atoms with Gasteiger partial charge < -0.3 is 4.74 Å². The summed E-state index contributed by atoms with van der Waals surface area (Å²) in [5, 5.41) is 10.8. The number of hydrogen-bond acceptors (Lipinski definition) is 1. The summed E-state index contributed by atoms with van der Waals surface area (Å²) in [4.78, 5) is 0. The minimum Gasteiger partial charge on any atom is -0.444 e. The number of para-hydroxylation sites is 2. The van der Waals surface area contributed by atoms with E-state index in [9.17, 15) is 0 Å². The number of ether oxygens (including phenoxy) is 1. The smallest absolute Gasteiger partial charge is 0.350 e. The van der Waals surface area contributed by atoms with Gasteiger partial charge >= 0.3 is 22.7 Å². The first-order valence-electron chi connectivity index (χ1n) is 23.1. The molecule has 7 aliphatic rings. The number of pyridine rings is 2. The van der Waals surface area contributed by atoms with Crippen LogP contribution in [0.4, 0.5) is 11.4 Å². The van der Waals surface area contributed by atoms with Crippen molar-refractivity contribution in [1.82, 2.24) is 13.8 Å². The Balaban J connectivity index is 1.09. The van der Waals surface area contributed by atoms with E-state index in [0.29, 0.717) is 0 Å². The molecular weight excluding hydrogens is 823 g/mol. The number of rotatable bonds is 0. The second-order valence-electron chi connectivity index (χ2n) is 19.3. The molecule has 6 aliphatic heterocycles. The third-order valence-electron chi connectivity index (χ3n) is 17.1. The molecule has 7 heteroatoms. The number of nitrogens with zero attached hydrogens (tertiary/aromatic N) is 5. The van der Waals surface area contributed by atoms with Crippen molar-refractivity contribution in [3.05, 3.63) is 217 Å². The molecule has 1 atom stereocenters. The first-order chi connectivity index (χ1) is 32.8. The van der Waals surface area contributed by atoms with Gasteiger partial charge in [0, 0.05) is 32.3 Å². The van der Waals surface area contributed by atoms with Crippen LogP contribution in [-0.2, 0) is 5.41 Å². The largest absolute Gasteiger partial charge is 0.444 e. The summed E-state index contributed by atoms with van der Waals surface area (Å²) < 4.78 is 18.3. The molecular formula is C59H32N5OSi+3. The Morgan fingerprint density at radius 3 is 1.59 bits per heavy atom. The van der Waals surface area contributed by atoms with E-state index >= 15 is 0 Å². The number of quaternary nitrogens is 1. The van der Waals surface area contributed by atoms with Crippen molar-refractivity contribution < 1.29 is 14.1 Å². The lowest BCUT2D eigenvalue weighted by atomic mass is 9.65. The SMILES string of the molecule is c1ccc2c(c1)-c1ccccc1C21c2ccc3c4c2-n2c5c1cccc5c1ccc[n+](c12)[N+]41c2c(ccc4c2-n2c5c(cccc5c5ccc[n+]1c52)[Si]41c2ccccc2-c2ccccc21)O3. The van der Waals surface area contributed by atoms with Gasteiger partial charge in [-0.2, -0.15) is 9.13 Å². The van der Waals surface area contributed by atoms with Crippen molar-refractivity contribution >= 4 is 84.1 Å². The maximum Gasteiger partial charge on any atom is 0.350 e. The summed E-state index contributed by atoms with van der Waals surface area (Å²) in [5.41, 5.74) is 19.7. The second-order valence-corrected chi connectivity index (χ2v) is 22.9. The van der Waals surface area contributed by atoms with Crippen molar-refractivity contribution in [2.24, 2.45) is 0 Å². The Morgan fingerprint density at radius 1 is 0.394 bits per heavy atom. The van der Waals surface area contributed by atoms with E-state index in [0.717, 1.165) is 22.9 Å². The molecule has 19 rings (SSSR count). The van der Waals surface area contributed by atoms with Crippen LogP contribution in [0.1, 0.15) is 22.3 Å². The molecule has 0 saturated carbocycles. The maximum absolute atomic E-state index is 7.54. The van der Waals surface area contributed by atoms with Crippen molar-refractivity contribution in [3.63, 3.8) is 0 Å². The molecule has 300 valence electrons. The number of aromatic nitrogens is 4. The molecule has 6 nitrogen and oxygen atoms in total. The van der Waals surface area contributed by atoms with Gasteiger partial charge in [-0.1, -0.05) is 127 Å². The number of benzene rings is 8. The molecule has 1 unspecified atom stereocenters. The van der Waals surface area contributed by atoms with Crippen LogP contribution < -0.4 is 39.5 Å². The molecule has 8 aromatic carbocycles. The predicted octanol–water partition coefficient (Wildman–Crippen LogP) is 9.10. The molecule has 0 N–H and O–H groups in total. The number of hydrogen-bond donors (Lipinski definition) is 0. The fourth-order valence-corrected chi connectivity index (χ4v) is 20.7. The highest BCUT2D eigenvalue weighted by Gasteiger charge is 2.71. The van der Waals surface area contributed by atoms with E-state index in [2.05, 4.69) is 213 Å². The van der Waals surface area contributed by atoms with Gasteiger partial charge in [-0.15, -0.1) is 0 Å². The van der Waals surface area contributed by atoms with Gasteiger partial charge in [0.05, 0.1) is 20.9 Å². The average molecular weight is 855 g/mol. The maximum atomic E-state index is 7.54. The summed E-state index contributed by atoms with van der Waals surface area (Å²) >= 11 is 0. The van der Waals surface area contributed by atoms with E-state index < -0.39 is 13.5 Å². The van der Waals surface area contributed by atoms with Crippen LogP contribution in [0.3, 0.4) is 0 Å². The first-order valence-corrected chi connectivity index (χ1v) is 25.1. The quantitative estimate of drug-likeness (QED) is 0.0851. The third kappa shape index (κ3) is 2.84. The van der Waals surface area contributed by atoms with E-state index in [4.69, 9.17) is 4.74 Å². The lowest BCUT2D eigenvalue weighted by Gasteiger charge is -2.44. The lowest BCUT2D eigenvalue weighted by Crippen LogP contribution is -2.87. The van der Waals surface area contributed by atoms with Gasteiger partial charge in [0.1, 0.15) is 11.0 Å². The van der Waals surface area contributed by atoms with Crippen LogP contribution in [0.2, 0.25) is 0 Å². The third-order valence-corrected chi connectivity index (χ3v) is 22.0. The molecule has 1 aliphatic carbocycles. The van der Waals surface area contributed by atoms with Crippen molar-refractivity contribution in [2.45, 2.75) is 5.41 Å². The zero-order chi connectivity index (χ0) is 42.2. The molecule has 66 heavy (non-hydrogen) atoms. The highest BCUT2D eigenvalue weighted by Crippen LogP contribution is 2.66. The lowest BCUT2D eigenvalue weighted by molar-refractivity contribution is -1.02. The Kier molecular flexibility index (Phi) is 4.88. The van der Waals surface area contributed by atoms with Crippen LogP contribution >= 0.6 is 0 Å². The van der Waals surface area contributed by atoms with Gasteiger partial charge in [-0.3, -0.25) is 0 Å². The zero-order valence-corrected chi connectivity index (χ0v) is 36.1. The van der Waals surface area contributed by atoms with Crippen LogP contribution in [0.15, 0.2) is 194 Å². The Bertz CT molecular complexity index is 4100. The highest BCUT2D eigenvalue weighted by atomic mass is 28.3. The predicted molar refractivity (Wildman–Crippen MR) is 261 cm³/mol. The van der Waals surface area contributed by atoms with Gasteiger partial charge in [-0.05, 0) is 108 Å². The fraction of sp³-hybridized carbons (Fsp3) is 0.0169. The molecule has 0 amide bonds. The monoisotopic (exact) mass is 854 g/mol. The summed E-state index contributed by atoms with van der Waals surface area (Å²) in [6.45, 7) is 0. The zero-order valence-electron chi connectivity index (χ0n) is 35.1. The van der Waals surface area contributed by atoms with Crippen LogP contribution in [0, 0.1) is 0 Å². The van der Waals surface area contributed by atoms with Gasteiger partial charge in [0.25, 0.3) is 0 Å². The van der Waals surface area contributed by atoms with E-state index in [1.54, 1.807) is 0 Å². The highest BCUT2D eigenvalue weighted by molar-refractivity contribution is 7.23. The number of fused-ring (bicyclic) bond motifs is 16. The Hall–Kier alpha value is -8.36. The average Bonchev–Trinajstić information content (AvgIpc) is 4.09. The molecule has 10 heterocycles. The summed E-state index contributed by atoms with van der Waals surface area (Å²) in [6.07, 6.45) is 4.68. The minimum absolute atomic E-state index is 0.288. The summed E-state index contributed by atoms with van der Waals surface area (Å²) in [6, 6.07) is 69.9. The first kappa shape index (κ1) is 32.3. The molecule has 3 spiro atoms. The minimum atomic E-state index is -2.95. The molecule has 0 fully saturated rings. The van der Waals surface area contributed by atoms with Crippen molar-refractivity contribution in [1.29, 1.82) is 0 Å². The van der Waals surface area contributed by atoms with Gasteiger partial charge in [0.15, 0.2) is 20.5 Å². The Morgan fingerprint density at radius 2 is 0.909 bits per heavy atom. The normalized spacial score (nSPS) is 18.1. The van der Waals surface area contributed by atoms with Crippen LogP contribution in [-0.4, -0.2) is 17.2 Å². The van der Waals surface area contributed by atoms with Crippen LogP contribution in [0.25, 0.3) is 77.5 Å². The Labute approximate surface area is 377 Å². The van der Waals surface area contributed by atoms with Gasteiger partial charge in [0.2, 0.25) is 22.9 Å². The van der Waals surface area contributed by atoms with E-state index in [1.807, 2.05) is 0 Å². The molecule has 4 aromatic heterocycles. The molecule has 12 aromatic rings. The molecule has 0 radical (unpaired) electrons. The fourth-order valence-electron chi connectivity index (χ4n) is 15.2. The molecule has 0 saturated heterocycles. The standard InChI is InChI=1S/C59H32N5OSi/c1-5-21-41-33(13-1)34-14-2-6-22-42(34)59(41)43-23-9-17-37-39-19-11-31-60-57(39)62(51(37)43)53-44(59)27-28-45-55(53)64(60)56-46(65-45)29-30-50-54(56)63-52-38(40-20-12-32-61(64)58(40)63)18-10-26-49(52)66(50)47-24-7-3-15-35(47)36-16-4-8-25-48(36)66/h1-32H/q+3. The van der Waals surface area contributed by atoms with Crippen molar-refractivity contribution in [2.75, 3.05) is 0 Å². The van der Waals surface area contributed by atoms with Gasteiger partial charge in [-0.25, -0.2) is 0 Å². The van der Waals surface area contributed by atoms with Crippen molar-refractivity contribution in [3.8, 4) is 45.1 Å². The topological polar surface area (TPSA) is 26.8 Å². The van der Waals surface area contributed by atoms with E-state index in [1.165, 1.54) is 121 Å². The summed E-state index contributed by atoms with van der Waals surface area (Å²) in [7, 11) is -2.95. The second kappa shape index (κ2) is 9.97. The van der Waals surface area contributed by atoms with Crippen LogP contribution in [0.5, 0.6) is 11.5 Å².